The molecule has 6 amide bonds. The summed E-state index contributed by atoms with van der Waals surface area (Å²) in [6, 6.07) is 4.95. The highest BCUT2D eigenvalue weighted by Gasteiger charge is 2.43. The van der Waals surface area contributed by atoms with Gasteiger partial charge in [0.25, 0.3) is 11.8 Å². The van der Waals surface area contributed by atoms with Gasteiger partial charge in [0.1, 0.15) is 5.76 Å². The number of oxazole rings is 1. The minimum Gasteiger partial charge on any atom is -0.444 e. The van der Waals surface area contributed by atoms with Crippen LogP contribution >= 0.6 is 23.1 Å². The van der Waals surface area contributed by atoms with Gasteiger partial charge in [-0.2, -0.15) is 5.01 Å². The van der Waals surface area contributed by atoms with Gasteiger partial charge >= 0.3 is 6.03 Å². The summed E-state index contributed by atoms with van der Waals surface area (Å²) >= 11 is 3.06. The number of nitrogens with zero attached hydrogens (tertiary/aromatic N) is 6. The Morgan fingerprint density at radius 3 is 2.43 bits per heavy atom. The Morgan fingerprint density at radius 1 is 0.980 bits per heavy atom. The van der Waals surface area contributed by atoms with E-state index in [0.717, 1.165) is 77.4 Å². The van der Waals surface area contributed by atoms with E-state index in [-0.39, 0.29) is 41.3 Å². The van der Waals surface area contributed by atoms with Crippen molar-refractivity contribution in [3.8, 4) is 0 Å². The zero-order valence-electron chi connectivity index (χ0n) is 29.0. The monoisotopic (exact) mass is 734 g/mol. The van der Waals surface area contributed by atoms with E-state index in [0.29, 0.717) is 29.4 Å². The van der Waals surface area contributed by atoms with Crippen molar-refractivity contribution in [2.75, 3.05) is 38.0 Å². The van der Waals surface area contributed by atoms with Gasteiger partial charge < -0.3 is 14.6 Å². The van der Waals surface area contributed by atoms with Gasteiger partial charge in [-0.3, -0.25) is 29.4 Å². The molecule has 0 radical (unpaired) electrons. The first kappa shape index (κ1) is 35.3. The van der Waals surface area contributed by atoms with Gasteiger partial charge in [-0.1, -0.05) is 38.2 Å². The fourth-order valence-corrected chi connectivity index (χ4v) is 8.74. The predicted molar refractivity (Wildman–Crippen MR) is 190 cm³/mol. The van der Waals surface area contributed by atoms with E-state index in [1.165, 1.54) is 11.3 Å². The molecule has 3 fully saturated rings. The van der Waals surface area contributed by atoms with Gasteiger partial charge in [0, 0.05) is 30.3 Å². The zero-order chi connectivity index (χ0) is 35.9. The number of likely N-dealkylation sites (tertiary alicyclic amines) is 2. The lowest BCUT2D eigenvalue weighted by Gasteiger charge is -2.41. The minimum atomic E-state index is -0.772. The molecule has 3 aromatic rings. The van der Waals surface area contributed by atoms with Crippen LogP contribution in [0.2, 0.25) is 0 Å². The van der Waals surface area contributed by atoms with Crippen molar-refractivity contribution in [3.05, 3.63) is 58.9 Å². The van der Waals surface area contributed by atoms with Gasteiger partial charge in [-0.15, -0.1) is 11.8 Å². The molecular weight excluding hydrogens is 693 g/mol. The first-order valence-corrected chi connectivity index (χ1v) is 19.2. The van der Waals surface area contributed by atoms with Crippen LogP contribution in [0.1, 0.15) is 90.8 Å². The Bertz CT molecular complexity index is 1840. The summed E-state index contributed by atoms with van der Waals surface area (Å²) in [6.45, 7) is 10.5. The third kappa shape index (κ3) is 7.73. The van der Waals surface area contributed by atoms with Crippen molar-refractivity contribution >= 4 is 57.9 Å². The highest BCUT2D eigenvalue weighted by molar-refractivity contribution is 8.00. The summed E-state index contributed by atoms with van der Waals surface area (Å²) in [7, 11) is 0. The maximum absolute atomic E-state index is 13.2. The van der Waals surface area contributed by atoms with E-state index in [9.17, 15) is 24.0 Å². The number of urea groups is 1. The number of carbonyl (C=O) groups is 5. The van der Waals surface area contributed by atoms with Crippen molar-refractivity contribution < 1.29 is 28.4 Å². The van der Waals surface area contributed by atoms with Crippen LogP contribution in [-0.4, -0.2) is 98.2 Å². The number of benzene rings is 1. The normalized spacial score (nSPS) is 19.9. The summed E-state index contributed by atoms with van der Waals surface area (Å²) in [5.74, 6) is 0.587. The number of thiazole rings is 1. The second-order valence-electron chi connectivity index (χ2n) is 14.5. The molecule has 14 nitrogen and oxygen atoms in total. The van der Waals surface area contributed by atoms with E-state index < -0.39 is 23.8 Å². The third-order valence-electron chi connectivity index (χ3n) is 9.93. The first-order chi connectivity index (χ1) is 24.4. The van der Waals surface area contributed by atoms with Crippen molar-refractivity contribution in [1.82, 2.24) is 35.1 Å². The van der Waals surface area contributed by atoms with Crippen molar-refractivity contribution in [3.63, 3.8) is 0 Å². The number of amides is 6. The number of nitrogens with one attached hydrogen (secondary N) is 2. The molecule has 2 aromatic heterocycles. The Balaban J connectivity index is 0.839. The van der Waals surface area contributed by atoms with E-state index >= 15 is 0 Å². The number of carbonyl (C=O) groups excluding carboxylic acids is 5. The maximum Gasteiger partial charge on any atom is 0.343 e. The van der Waals surface area contributed by atoms with Crippen molar-refractivity contribution in [2.24, 2.45) is 5.92 Å². The van der Waals surface area contributed by atoms with Crippen molar-refractivity contribution in [1.29, 1.82) is 0 Å². The van der Waals surface area contributed by atoms with Gasteiger partial charge in [-0.05, 0) is 69.6 Å². The molecule has 0 saturated carbocycles. The molecule has 6 heterocycles. The van der Waals surface area contributed by atoms with Gasteiger partial charge in [0.15, 0.2) is 5.13 Å². The molecule has 0 bridgehead atoms. The zero-order valence-corrected chi connectivity index (χ0v) is 30.6. The van der Waals surface area contributed by atoms with Crippen LogP contribution < -0.4 is 10.6 Å². The number of hydrazine groups is 1. The number of thioether (sulfide) groups is 1. The summed E-state index contributed by atoms with van der Waals surface area (Å²) in [5, 5.41) is 7.66. The number of imide groups is 2. The minimum absolute atomic E-state index is 0.0210. The van der Waals surface area contributed by atoms with Crippen LogP contribution in [0.3, 0.4) is 0 Å². The summed E-state index contributed by atoms with van der Waals surface area (Å²) < 4.78 is 6.88. The Labute approximate surface area is 304 Å². The van der Waals surface area contributed by atoms with Crippen LogP contribution in [-0.2, 0) is 27.3 Å². The molecule has 3 saturated heterocycles. The lowest BCUT2D eigenvalue weighted by molar-refractivity contribution is -0.123. The van der Waals surface area contributed by atoms with Crippen LogP contribution in [0.4, 0.5) is 9.93 Å². The average molecular weight is 735 g/mol. The Kier molecular flexibility index (Phi) is 10.0. The van der Waals surface area contributed by atoms with E-state index in [1.807, 2.05) is 6.07 Å². The summed E-state index contributed by atoms with van der Waals surface area (Å²) in [5.41, 5.74) is 1.37. The molecule has 0 atom stereocenters. The van der Waals surface area contributed by atoms with Gasteiger partial charge in [0.2, 0.25) is 17.7 Å². The van der Waals surface area contributed by atoms with Crippen molar-refractivity contribution in [2.45, 2.75) is 80.8 Å². The molecule has 0 unspecified atom stereocenters. The average Bonchev–Trinajstić information content (AvgIpc) is 3.83. The molecule has 7 rings (SSSR count). The molecule has 0 aliphatic carbocycles. The molecule has 16 heteroatoms. The van der Waals surface area contributed by atoms with Crippen LogP contribution in [0.15, 0.2) is 39.2 Å². The van der Waals surface area contributed by atoms with E-state index in [4.69, 9.17) is 4.42 Å². The number of hydrogen-bond acceptors (Lipinski definition) is 12. The maximum atomic E-state index is 13.2. The molecule has 0 spiro atoms. The number of piperidine rings is 2. The SMILES string of the molecule is CC(C)(C)c1cnc(CSc2cnc(NC(=O)C3CCN(C4CCN(Cc5ccc6c(c5)C(=O)N(N5CCC(=O)NC5=O)C6=O)CC4)CC3)s2)o1. The molecule has 51 heavy (non-hydrogen) atoms. The molecule has 270 valence electrons. The molecule has 2 N–H and O–H groups in total. The highest BCUT2D eigenvalue weighted by Crippen LogP contribution is 2.33. The predicted octanol–water partition coefficient (Wildman–Crippen LogP) is 4.49. The summed E-state index contributed by atoms with van der Waals surface area (Å²) in [6.07, 6.45) is 7.25. The van der Waals surface area contributed by atoms with Crippen LogP contribution in [0.25, 0.3) is 0 Å². The second kappa shape index (κ2) is 14.5. The number of anilines is 1. The van der Waals surface area contributed by atoms with Gasteiger partial charge in [0.05, 0.1) is 40.0 Å². The lowest BCUT2D eigenvalue weighted by Crippen LogP contribution is -2.58. The number of aromatic nitrogens is 2. The molecule has 4 aliphatic rings. The highest BCUT2D eigenvalue weighted by atomic mass is 32.2. The van der Waals surface area contributed by atoms with Crippen LogP contribution in [0.5, 0.6) is 0 Å². The molecule has 1 aromatic carbocycles. The first-order valence-electron chi connectivity index (χ1n) is 17.4. The van der Waals surface area contributed by atoms with Gasteiger partial charge in [-0.25, -0.2) is 19.8 Å². The smallest absolute Gasteiger partial charge is 0.343 e. The number of hydrogen-bond donors (Lipinski definition) is 2. The van der Waals surface area contributed by atoms with E-state index in [1.54, 1.807) is 36.3 Å². The fourth-order valence-electron chi connectivity index (χ4n) is 7.01. The van der Waals surface area contributed by atoms with E-state index in [2.05, 4.69) is 51.2 Å². The quantitative estimate of drug-likeness (QED) is 0.236. The Morgan fingerprint density at radius 2 is 1.73 bits per heavy atom. The molecule has 4 aliphatic heterocycles. The number of rotatable bonds is 9. The topological polar surface area (TPSA) is 161 Å². The fraction of sp³-hybridized carbons (Fsp3) is 0.514. The van der Waals surface area contributed by atoms with Crippen LogP contribution in [0, 0.1) is 5.92 Å². The standard InChI is InChI=1S/C35H42N8O6S2/c1-35(2,3)26-17-36-28(49-26)20-50-29-18-37-33(51-29)39-30(45)22-6-13-41(14-7-22)23-8-11-40(12-9-23)19-21-4-5-24-25(16-21)32(47)43(31(24)46)42-15-10-27(44)38-34(42)48/h4-5,16-18,22-23H,6-15,19-20H2,1-3H3,(H,37,39,45)(H,38,44,48). The summed E-state index contributed by atoms with van der Waals surface area (Å²) in [4.78, 5) is 76.8. The largest absolute Gasteiger partial charge is 0.444 e. The Hall–Kier alpha value is -4.12. The lowest BCUT2D eigenvalue weighted by atomic mass is 9.92. The number of fused-ring (bicyclic) bond motifs is 1. The molecular formula is C35H42N8O6S2. The third-order valence-corrected chi connectivity index (χ3v) is 12.0. The second-order valence-corrected chi connectivity index (χ2v) is 16.8.